The highest BCUT2D eigenvalue weighted by Crippen LogP contribution is 2.30. The van der Waals surface area contributed by atoms with Gasteiger partial charge in [0.2, 0.25) is 0 Å². The average Bonchev–Trinajstić information content (AvgIpc) is 2.88. The first-order valence-electron chi connectivity index (χ1n) is 7.14. The summed E-state index contributed by atoms with van der Waals surface area (Å²) in [6, 6.07) is 4.85. The van der Waals surface area contributed by atoms with Crippen molar-refractivity contribution in [1.82, 2.24) is 10.3 Å². The summed E-state index contributed by atoms with van der Waals surface area (Å²) in [7, 11) is 0. The lowest BCUT2D eigenvalue weighted by atomic mass is 9.85. The lowest BCUT2D eigenvalue weighted by Crippen LogP contribution is -2.35. The van der Waals surface area contributed by atoms with Gasteiger partial charge in [-0.25, -0.2) is 0 Å². The van der Waals surface area contributed by atoms with Gasteiger partial charge in [0, 0.05) is 28.7 Å². The van der Waals surface area contributed by atoms with E-state index < -0.39 is 0 Å². The number of aromatic nitrogens is 1. The zero-order valence-corrected chi connectivity index (χ0v) is 11.3. The van der Waals surface area contributed by atoms with Crippen molar-refractivity contribution >= 4 is 17.2 Å². The van der Waals surface area contributed by atoms with Gasteiger partial charge in [0.25, 0.3) is 0 Å². The third kappa shape index (κ3) is 2.19. The molecule has 0 aliphatic heterocycles. The highest BCUT2D eigenvalue weighted by molar-refractivity contribution is 5.99. The number of aldehydes is 1. The molecule has 0 spiro atoms. The molecule has 0 bridgehead atoms. The molecular weight excluding hydrogens is 236 g/mol. The van der Waals surface area contributed by atoms with Gasteiger partial charge in [0.05, 0.1) is 0 Å². The fourth-order valence-corrected chi connectivity index (χ4v) is 3.13. The number of hydrogen-bond donors (Lipinski definition) is 2. The Morgan fingerprint density at radius 2 is 2.37 bits per heavy atom. The molecule has 0 amide bonds. The summed E-state index contributed by atoms with van der Waals surface area (Å²) < 4.78 is 0. The van der Waals surface area contributed by atoms with E-state index in [0.717, 1.165) is 48.6 Å². The number of carbonyl (C=O) groups excluding carboxylic acids is 1. The van der Waals surface area contributed by atoms with E-state index in [1.807, 2.05) is 6.20 Å². The van der Waals surface area contributed by atoms with Gasteiger partial charge in [0.15, 0.2) is 6.29 Å². The first-order chi connectivity index (χ1) is 9.33. The summed E-state index contributed by atoms with van der Waals surface area (Å²) in [5.41, 5.74) is 4.64. The maximum atomic E-state index is 11.2. The van der Waals surface area contributed by atoms with Crippen LogP contribution in [0.15, 0.2) is 18.3 Å². The van der Waals surface area contributed by atoms with E-state index in [9.17, 15) is 4.79 Å². The van der Waals surface area contributed by atoms with Crippen LogP contribution in [0.1, 0.15) is 41.3 Å². The number of carbonyl (C=O) groups is 1. The SMILES string of the molecule is CCCN[C@@H]1CCc2ccc3[nH]cc(C=O)c3c2C1. The number of rotatable bonds is 4. The van der Waals surface area contributed by atoms with Crippen molar-refractivity contribution in [3.8, 4) is 0 Å². The van der Waals surface area contributed by atoms with Crippen LogP contribution in [0.4, 0.5) is 0 Å². The van der Waals surface area contributed by atoms with Crippen molar-refractivity contribution in [2.45, 2.75) is 38.6 Å². The second-order valence-electron chi connectivity index (χ2n) is 5.38. The van der Waals surface area contributed by atoms with Gasteiger partial charge < -0.3 is 10.3 Å². The minimum atomic E-state index is 0.549. The van der Waals surface area contributed by atoms with Gasteiger partial charge in [-0.05, 0) is 49.4 Å². The second kappa shape index (κ2) is 5.17. The minimum absolute atomic E-state index is 0.549. The highest BCUT2D eigenvalue weighted by atomic mass is 16.1. The fourth-order valence-electron chi connectivity index (χ4n) is 3.13. The average molecular weight is 256 g/mol. The number of aromatic amines is 1. The zero-order valence-electron chi connectivity index (χ0n) is 11.3. The highest BCUT2D eigenvalue weighted by Gasteiger charge is 2.21. The van der Waals surface area contributed by atoms with Crippen molar-refractivity contribution in [2.75, 3.05) is 6.54 Å². The minimum Gasteiger partial charge on any atom is -0.360 e. The van der Waals surface area contributed by atoms with Crippen LogP contribution in [0.3, 0.4) is 0 Å². The molecule has 1 heterocycles. The molecule has 3 nitrogen and oxygen atoms in total. The van der Waals surface area contributed by atoms with E-state index in [1.54, 1.807) is 0 Å². The first-order valence-corrected chi connectivity index (χ1v) is 7.14. The smallest absolute Gasteiger partial charge is 0.152 e. The Hall–Kier alpha value is -1.61. The molecule has 0 fully saturated rings. The largest absolute Gasteiger partial charge is 0.360 e. The van der Waals surface area contributed by atoms with Crippen molar-refractivity contribution in [3.05, 3.63) is 35.0 Å². The second-order valence-corrected chi connectivity index (χ2v) is 5.38. The van der Waals surface area contributed by atoms with Crippen molar-refractivity contribution < 1.29 is 4.79 Å². The molecule has 3 heteroatoms. The summed E-state index contributed by atoms with van der Waals surface area (Å²) in [5, 5.41) is 4.74. The molecule has 0 radical (unpaired) electrons. The Labute approximate surface area is 113 Å². The van der Waals surface area contributed by atoms with Crippen molar-refractivity contribution in [1.29, 1.82) is 0 Å². The molecule has 1 aromatic carbocycles. The maximum absolute atomic E-state index is 11.2. The lowest BCUT2D eigenvalue weighted by molar-refractivity contribution is 0.112. The standard InChI is InChI=1S/C16H20N2O/c1-2-7-17-13-5-3-11-4-6-15-16(14(11)8-13)12(10-19)9-18-15/h4,6,9-10,13,17-18H,2-3,5,7-8H2,1H3/t13-/m1/s1. The Kier molecular flexibility index (Phi) is 3.38. The van der Waals surface area contributed by atoms with Crippen LogP contribution in [-0.4, -0.2) is 23.9 Å². The molecule has 19 heavy (non-hydrogen) atoms. The van der Waals surface area contributed by atoms with Crippen LogP contribution >= 0.6 is 0 Å². The number of benzene rings is 1. The summed E-state index contributed by atoms with van der Waals surface area (Å²) in [6.45, 7) is 3.27. The number of H-pyrrole nitrogens is 1. The lowest BCUT2D eigenvalue weighted by Gasteiger charge is -2.26. The van der Waals surface area contributed by atoms with Gasteiger partial charge in [-0.15, -0.1) is 0 Å². The number of aryl methyl sites for hydroxylation is 1. The number of fused-ring (bicyclic) bond motifs is 3. The Morgan fingerprint density at radius 3 is 3.16 bits per heavy atom. The third-order valence-corrected chi connectivity index (χ3v) is 4.10. The summed E-state index contributed by atoms with van der Waals surface area (Å²) in [4.78, 5) is 14.4. The van der Waals surface area contributed by atoms with Crippen LogP contribution in [0.5, 0.6) is 0 Å². The molecule has 100 valence electrons. The van der Waals surface area contributed by atoms with Crippen LogP contribution in [0, 0.1) is 0 Å². The fraction of sp³-hybridized carbons (Fsp3) is 0.438. The summed E-state index contributed by atoms with van der Waals surface area (Å²) in [5.74, 6) is 0. The molecule has 0 unspecified atom stereocenters. The molecule has 1 aromatic heterocycles. The van der Waals surface area contributed by atoms with Gasteiger partial charge >= 0.3 is 0 Å². The van der Waals surface area contributed by atoms with Crippen LogP contribution in [0.25, 0.3) is 10.9 Å². The molecule has 2 N–H and O–H groups in total. The van der Waals surface area contributed by atoms with Gasteiger partial charge in [0.1, 0.15) is 0 Å². The maximum Gasteiger partial charge on any atom is 0.152 e. The van der Waals surface area contributed by atoms with Crippen LogP contribution in [-0.2, 0) is 12.8 Å². The monoisotopic (exact) mass is 256 g/mol. The van der Waals surface area contributed by atoms with Gasteiger partial charge in [-0.2, -0.15) is 0 Å². The summed E-state index contributed by atoms with van der Waals surface area (Å²) in [6.07, 6.45) is 7.28. The molecule has 0 saturated carbocycles. The predicted octanol–water partition coefficient (Wildman–Crippen LogP) is 2.84. The quantitative estimate of drug-likeness (QED) is 0.826. The molecule has 1 aliphatic carbocycles. The molecule has 2 aromatic rings. The molecule has 0 saturated heterocycles. The first kappa shape index (κ1) is 12.4. The van der Waals surface area contributed by atoms with Crippen molar-refractivity contribution in [2.24, 2.45) is 0 Å². The van der Waals surface area contributed by atoms with E-state index in [-0.39, 0.29) is 0 Å². The third-order valence-electron chi connectivity index (χ3n) is 4.10. The van der Waals surface area contributed by atoms with Crippen LogP contribution in [0.2, 0.25) is 0 Å². The topological polar surface area (TPSA) is 44.9 Å². The van der Waals surface area contributed by atoms with E-state index >= 15 is 0 Å². The van der Waals surface area contributed by atoms with E-state index in [1.165, 1.54) is 17.5 Å². The van der Waals surface area contributed by atoms with E-state index in [4.69, 9.17) is 0 Å². The number of hydrogen-bond acceptors (Lipinski definition) is 2. The zero-order chi connectivity index (χ0) is 13.2. The molecule has 1 atom stereocenters. The Bertz CT molecular complexity index is 600. The summed E-state index contributed by atoms with van der Waals surface area (Å²) >= 11 is 0. The molecule has 1 aliphatic rings. The van der Waals surface area contributed by atoms with E-state index in [2.05, 4.69) is 29.4 Å². The molecule has 3 rings (SSSR count). The number of nitrogens with one attached hydrogen (secondary N) is 2. The predicted molar refractivity (Wildman–Crippen MR) is 77.8 cm³/mol. The van der Waals surface area contributed by atoms with Gasteiger partial charge in [-0.3, -0.25) is 4.79 Å². The van der Waals surface area contributed by atoms with Crippen LogP contribution < -0.4 is 5.32 Å². The van der Waals surface area contributed by atoms with E-state index in [0.29, 0.717) is 6.04 Å². The normalized spacial score (nSPS) is 18.5. The Balaban J connectivity index is 2.00. The molecular formula is C16H20N2O. The van der Waals surface area contributed by atoms with Crippen molar-refractivity contribution in [3.63, 3.8) is 0 Å². The Morgan fingerprint density at radius 1 is 1.47 bits per heavy atom. The van der Waals surface area contributed by atoms with Gasteiger partial charge in [-0.1, -0.05) is 13.0 Å².